The Labute approximate surface area is 126 Å². The van der Waals surface area contributed by atoms with Crippen molar-refractivity contribution in [3.05, 3.63) is 0 Å². The molecule has 2 unspecified atom stereocenters. The van der Waals surface area contributed by atoms with Gasteiger partial charge in [0.2, 0.25) is 6.29 Å². The smallest absolute Gasteiger partial charge is 0.305 e. The van der Waals surface area contributed by atoms with Crippen molar-refractivity contribution < 1.29 is 28.5 Å². The van der Waals surface area contributed by atoms with Crippen LogP contribution in [0.15, 0.2) is 0 Å². The summed E-state index contributed by atoms with van der Waals surface area (Å²) < 4.78 is 22.1. The SMILES string of the molecule is CCC(C)[C@]1(CC)OC(OC(C)=O)[C@H](OC(C)=O)[C@@H]1OC. The predicted octanol–water partition coefficient (Wildman–Crippen LogP) is 2.05. The van der Waals surface area contributed by atoms with Gasteiger partial charge in [-0.3, -0.25) is 9.59 Å². The third-order valence-corrected chi connectivity index (χ3v) is 4.22. The first-order valence-corrected chi connectivity index (χ1v) is 7.37. The van der Waals surface area contributed by atoms with Gasteiger partial charge in [0, 0.05) is 21.0 Å². The van der Waals surface area contributed by atoms with E-state index in [-0.39, 0.29) is 5.92 Å². The zero-order chi connectivity index (χ0) is 16.2. The first-order valence-electron chi connectivity index (χ1n) is 7.37. The van der Waals surface area contributed by atoms with Crippen molar-refractivity contribution in [3.63, 3.8) is 0 Å². The summed E-state index contributed by atoms with van der Waals surface area (Å²) in [4.78, 5) is 22.6. The second kappa shape index (κ2) is 7.22. The van der Waals surface area contributed by atoms with Crippen molar-refractivity contribution in [1.29, 1.82) is 0 Å². The summed E-state index contributed by atoms with van der Waals surface area (Å²) in [6.45, 7) is 8.70. The molecule has 1 heterocycles. The maximum Gasteiger partial charge on any atom is 0.305 e. The van der Waals surface area contributed by atoms with E-state index in [2.05, 4.69) is 13.8 Å². The lowest BCUT2D eigenvalue weighted by Crippen LogP contribution is -2.49. The van der Waals surface area contributed by atoms with E-state index < -0.39 is 36.0 Å². The Bertz CT molecular complexity index is 382. The maximum atomic E-state index is 11.4. The zero-order valence-electron chi connectivity index (χ0n) is 13.7. The highest BCUT2D eigenvalue weighted by Crippen LogP contribution is 2.44. The summed E-state index contributed by atoms with van der Waals surface area (Å²) in [7, 11) is 1.55. The third-order valence-electron chi connectivity index (χ3n) is 4.22. The first kappa shape index (κ1) is 17.9. The monoisotopic (exact) mass is 302 g/mol. The zero-order valence-corrected chi connectivity index (χ0v) is 13.7. The highest BCUT2D eigenvalue weighted by molar-refractivity contribution is 5.67. The van der Waals surface area contributed by atoms with Gasteiger partial charge in [0.25, 0.3) is 0 Å². The number of hydrogen-bond acceptors (Lipinski definition) is 6. The number of carbonyl (C=O) groups excluding carboxylic acids is 2. The molecule has 0 amide bonds. The Hall–Kier alpha value is -1.14. The fourth-order valence-electron chi connectivity index (χ4n) is 3.04. The number of hydrogen-bond donors (Lipinski definition) is 0. The van der Waals surface area contributed by atoms with Crippen LogP contribution in [0.25, 0.3) is 0 Å². The average molecular weight is 302 g/mol. The number of methoxy groups -OCH3 is 1. The Morgan fingerprint density at radius 2 is 1.76 bits per heavy atom. The lowest BCUT2D eigenvalue weighted by molar-refractivity contribution is -0.211. The van der Waals surface area contributed by atoms with E-state index in [0.717, 1.165) is 6.42 Å². The van der Waals surface area contributed by atoms with Crippen LogP contribution in [0.3, 0.4) is 0 Å². The fraction of sp³-hybridized carbons (Fsp3) is 0.867. The minimum atomic E-state index is -0.940. The molecule has 0 aromatic rings. The van der Waals surface area contributed by atoms with Crippen LogP contribution in [0.5, 0.6) is 0 Å². The molecule has 1 fully saturated rings. The van der Waals surface area contributed by atoms with Crippen molar-refractivity contribution in [1.82, 2.24) is 0 Å². The Kier molecular flexibility index (Phi) is 6.16. The number of carbonyl (C=O) groups is 2. The van der Waals surface area contributed by atoms with Crippen LogP contribution < -0.4 is 0 Å². The third kappa shape index (κ3) is 3.55. The van der Waals surface area contributed by atoms with Crippen LogP contribution in [0.4, 0.5) is 0 Å². The van der Waals surface area contributed by atoms with Gasteiger partial charge in [0.05, 0.1) is 0 Å². The van der Waals surface area contributed by atoms with Crippen molar-refractivity contribution in [2.75, 3.05) is 7.11 Å². The summed E-state index contributed by atoms with van der Waals surface area (Å²) in [6.07, 6.45) is -0.648. The molecule has 21 heavy (non-hydrogen) atoms. The first-order chi connectivity index (χ1) is 9.82. The molecule has 0 spiro atoms. The van der Waals surface area contributed by atoms with Crippen LogP contribution in [-0.4, -0.2) is 43.1 Å². The molecule has 1 aliphatic rings. The molecular formula is C15H26O6. The van der Waals surface area contributed by atoms with Crippen LogP contribution in [0, 0.1) is 5.92 Å². The lowest BCUT2D eigenvalue weighted by atomic mass is 9.79. The van der Waals surface area contributed by atoms with Crippen molar-refractivity contribution in [2.45, 2.75) is 71.6 Å². The van der Waals surface area contributed by atoms with E-state index >= 15 is 0 Å². The van der Waals surface area contributed by atoms with Gasteiger partial charge in [-0.1, -0.05) is 27.2 Å². The molecule has 0 radical (unpaired) electrons. The predicted molar refractivity (Wildman–Crippen MR) is 75.5 cm³/mol. The minimum Gasteiger partial charge on any atom is -0.453 e. The molecule has 1 rings (SSSR count). The van der Waals surface area contributed by atoms with Gasteiger partial charge < -0.3 is 18.9 Å². The summed E-state index contributed by atoms with van der Waals surface area (Å²) in [6, 6.07) is 0. The lowest BCUT2D eigenvalue weighted by Gasteiger charge is -2.37. The summed E-state index contributed by atoms with van der Waals surface area (Å²) >= 11 is 0. The van der Waals surface area contributed by atoms with Gasteiger partial charge >= 0.3 is 11.9 Å². The minimum absolute atomic E-state index is 0.158. The topological polar surface area (TPSA) is 71.1 Å². The average Bonchev–Trinajstić information content (AvgIpc) is 2.70. The number of esters is 2. The van der Waals surface area contributed by atoms with E-state index in [0.29, 0.717) is 6.42 Å². The van der Waals surface area contributed by atoms with Crippen LogP contribution in [0.2, 0.25) is 0 Å². The summed E-state index contributed by atoms with van der Waals surface area (Å²) in [5, 5.41) is 0. The van der Waals surface area contributed by atoms with Gasteiger partial charge in [-0.05, 0) is 12.3 Å². The van der Waals surface area contributed by atoms with Crippen molar-refractivity contribution in [3.8, 4) is 0 Å². The Balaban J connectivity index is 3.16. The normalized spacial score (nSPS) is 33.5. The molecule has 0 N–H and O–H groups in total. The van der Waals surface area contributed by atoms with Crippen LogP contribution >= 0.6 is 0 Å². The molecule has 122 valence electrons. The Morgan fingerprint density at radius 1 is 1.19 bits per heavy atom. The Morgan fingerprint density at radius 3 is 2.14 bits per heavy atom. The molecule has 1 saturated heterocycles. The summed E-state index contributed by atoms with van der Waals surface area (Å²) in [5.41, 5.74) is -0.649. The molecule has 0 saturated carbocycles. The van der Waals surface area contributed by atoms with Gasteiger partial charge in [-0.15, -0.1) is 0 Å². The van der Waals surface area contributed by atoms with Crippen LogP contribution in [-0.2, 0) is 28.5 Å². The second-order valence-electron chi connectivity index (χ2n) is 5.44. The van der Waals surface area contributed by atoms with Gasteiger partial charge in [-0.25, -0.2) is 0 Å². The van der Waals surface area contributed by atoms with E-state index in [4.69, 9.17) is 18.9 Å². The fourth-order valence-corrected chi connectivity index (χ4v) is 3.04. The van der Waals surface area contributed by atoms with Gasteiger partial charge in [0.1, 0.15) is 11.7 Å². The second-order valence-corrected chi connectivity index (χ2v) is 5.44. The molecule has 0 aliphatic carbocycles. The molecule has 6 nitrogen and oxygen atoms in total. The molecular weight excluding hydrogens is 276 g/mol. The van der Waals surface area contributed by atoms with Crippen molar-refractivity contribution in [2.24, 2.45) is 5.92 Å². The van der Waals surface area contributed by atoms with E-state index in [1.807, 2.05) is 6.92 Å². The molecule has 1 aliphatic heterocycles. The van der Waals surface area contributed by atoms with E-state index in [1.165, 1.54) is 13.8 Å². The number of ether oxygens (including phenoxy) is 4. The maximum absolute atomic E-state index is 11.4. The highest BCUT2D eigenvalue weighted by Gasteiger charge is 2.59. The molecule has 5 atom stereocenters. The highest BCUT2D eigenvalue weighted by atomic mass is 16.7. The molecule has 0 aromatic heterocycles. The van der Waals surface area contributed by atoms with E-state index in [9.17, 15) is 9.59 Å². The largest absolute Gasteiger partial charge is 0.453 e. The summed E-state index contributed by atoms with van der Waals surface area (Å²) in [5.74, 6) is -0.784. The van der Waals surface area contributed by atoms with Crippen molar-refractivity contribution >= 4 is 11.9 Å². The van der Waals surface area contributed by atoms with Gasteiger partial charge in [0.15, 0.2) is 6.10 Å². The van der Waals surface area contributed by atoms with E-state index in [1.54, 1.807) is 7.11 Å². The molecule has 0 aromatic carbocycles. The van der Waals surface area contributed by atoms with Gasteiger partial charge in [-0.2, -0.15) is 0 Å². The molecule has 6 heteroatoms. The molecule has 0 bridgehead atoms. The number of rotatable bonds is 6. The standard InChI is InChI=1S/C15H26O6/c1-7-9(3)15(8-2)13(18-6)12(19-10(4)16)14(21-15)20-11(5)17/h9,12-14H,7-8H2,1-6H3/t9?,12-,13+,14?,15+/m1/s1. The van der Waals surface area contributed by atoms with Crippen LogP contribution in [0.1, 0.15) is 47.5 Å². The quantitative estimate of drug-likeness (QED) is 0.699.